The van der Waals surface area contributed by atoms with Crippen LogP contribution in [0.25, 0.3) is 0 Å². The van der Waals surface area contributed by atoms with Gasteiger partial charge in [-0.15, -0.1) is 0 Å². The van der Waals surface area contributed by atoms with Gasteiger partial charge in [0.1, 0.15) is 5.97 Å². The molecular formula is C3HN2NaO2S2. The third-order valence-electron chi connectivity index (χ3n) is 0.613. The molecule has 0 saturated carbocycles. The first kappa shape index (κ1) is 10.2. The van der Waals surface area contributed by atoms with Crippen LogP contribution in [0, 0.1) is 3.95 Å². The van der Waals surface area contributed by atoms with Gasteiger partial charge in [-0.05, 0) is 12.2 Å². The standard InChI is InChI=1S/C3H2N2O2S2.Na/c6-2(7)1-4-5-3(8)9-1;/h(H,5,8)(H,6,7);/q;+1/p-1. The van der Waals surface area contributed by atoms with Gasteiger partial charge in [-0.2, -0.15) is 5.10 Å². The SMILES string of the molecule is O=C([O-])c1n[nH]c(=S)s1.[Na+]. The zero-order chi connectivity index (χ0) is 6.85. The Labute approximate surface area is 87.6 Å². The van der Waals surface area contributed by atoms with Gasteiger partial charge in [0.2, 0.25) is 0 Å². The molecule has 0 radical (unpaired) electrons. The molecule has 0 atom stereocenters. The maximum atomic E-state index is 9.98. The molecule has 0 amide bonds. The van der Waals surface area contributed by atoms with E-state index in [0.717, 1.165) is 11.3 Å². The molecule has 0 aliphatic carbocycles. The summed E-state index contributed by atoms with van der Waals surface area (Å²) in [5.74, 6) is -1.30. The normalized spacial score (nSPS) is 8.40. The third kappa shape index (κ3) is 2.47. The van der Waals surface area contributed by atoms with Gasteiger partial charge in [-0.1, -0.05) is 11.3 Å². The molecule has 0 fully saturated rings. The molecule has 7 heteroatoms. The Morgan fingerprint density at radius 3 is 2.60 bits per heavy atom. The maximum Gasteiger partial charge on any atom is 1.00 e. The molecule has 1 N–H and O–H groups in total. The number of hydrogen-bond acceptors (Lipinski definition) is 5. The summed E-state index contributed by atoms with van der Waals surface area (Å²) in [4.78, 5) is 9.98. The number of hydrogen-bond donors (Lipinski definition) is 1. The minimum atomic E-state index is -1.30. The maximum absolute atomic E-state index is 9.98. The zero-order valence-corrected chi connectivity index (χ0v) is 8.71. The fourth-order valence-corrected chi connectivity index (χ4v) is 1.04. The van der Waals surface area contributed by atoms with Crippen LogP contribution < -0.4 is 34.7 Å². The molecule has 0 bridgehead atoms. The van der Waals surface area contributed by atoms with Gasteiger partial charge in [0, 0.05) is 0 Å². The van der Waals surface area contributed by atoms with E-state index >= 15 is 0 Å². The average Bonchev–Trinajstić information content (AvgIpc) is 2.14. The summed E-state index contributed by atoms with van der Waals surface area (Å²) in [6.45, 7) is 0. The topological polar surface area (TPSA) is 68.8 Å². The third-order valence-corrected chi connectivity index (χ3v) is 1.68. The van der Waals surface area contributed by atoms with E-state index in [2.05, 4.69) is 22.4 Å². The largest absolute Gasteiger partial charge is 1.00 e. The van der Waals surface area contributed by atoms with E-state index in [4.69, 9.17) is 0 Å². The van der Waals surface area contributed by atoms with Crippen molar-refractivity contribution in [3.8, 4) is 0 Å². The van der Waals surface area contributed by atoms with Gasteiger partial charge < -0.3 is 9.90 Å². The van der Waals surface area contributed by atoms with Crippen LogP contribution in [-0.4, -0.2) is 16.2 Å². The summed E-state index contributed by atoms with van der Waals surface area (Å²) in [5.41, 5.74) is 0. The number of aromatic amines is 1. The first-order valence-electron chi connectivity index (χ1n) is 1.97. The molecule has 1 rings (SSSR count). The number of carboxylic acids is 1. The molecule has 48 valence electrons. The predicted molar refractivity (Wildman–Crippen MR) is 31.6 cm³/mol. The average molecular weight is 184 g/mol. The van der Waals surface area contributed by atoms with Crippen molar-refractivity contribution in [1.82, 2.24) is 10.2 Å². The molecule has 1 aromatic heterocycles. The van der Waals surface area contributed by atoms with Crippen molar-refractivity contribution in [3.63, 3.8) is 0 Å². The van der Waals surface area contributed by atoms with Crippen molar-refractivity contribution >= 4 is 29.5 Å². The minimum Gasteiger partial charge on any atom is -0.542 e. The number of aromatic carboxylic acids is 1. The second-order valence-electron chi connectivity index (χ2n) is 1.21. The molecule has 0 aliphatic rings. The Balaban J connectivity index is 0.000000810. The van der Waals surface area contributed by atoms with Crippen molar-refractivity contribution in [3.05, 3.63) is 8.96 Å². The molecule has 0 saturated heterocycles. The first-order chi connectivity index (χ1) is 4.20. The summed E-state index contributed by atoms with van der Waals surface area (Å²) >= 11 is 5.44. The van der Waals surface area contributed by atoms with E-state index < -0.39 is 5.97 Å². The van der Waals surface area contributed by atoms with Crippen LogP contribution in [0.2, 0.25) is 0 Å². The van der Waals surface area contributed by atoms with Crippen molar-refractivity contribution in [2.24, 2.45) is 0 Å². The molecule has 10 heavy (non-hydrogen) atoms. The fourth-order valence-electron chi connectivity index (χ4n) is 0.317. The minimum absolute atomic E-state index is 0. The number of carbonyl (C=O) groups is 1. The van der Waals surface area contributed by atoms with Crippen molar-refractivity contribution < 1.29 is 39.5 Å². The van der Waals surface area contributed by atoms with E-state index in [-0.39, 0.29) is 34.6 Å². The second-order valence-corrected chi connectivity index (χ2v) is 2.87. The van der Waals surface area contributed by atoms with Crippen LogP contribution in [0.1, 0.15) is 9.80 Å². The molecule has 0 aromatic carbocycles. The smallest absolute Gasteiger partial charge is 0.542 e. The Morgan fingerprint density at radius 1 is 1.80 bits per heavy atom. The van der Waals surface area contributed by atoms with Crippen LogP contribution in [0.15, 0.2) is 0 Å². The van der Waals surface area contributed by atoms with Crippen molar-refractivity contribution in [2.75, 3.05) is 0 Å². The molecule has 1 heterocycles. The number of nitrogens with one attached hydrogen (secondary N) is 1. The molecule has 0 aliphatic heterocycles. The van der Waals surface area contributed by atoms with Crippen LogP contribution in [-0.2, 0) is 0 Å². The summed E-state index contributed by atoms with van der Waals surface area (Å²) in [6, 6.07) is 0. The Hall–Kier alpha value is 0.250. The molecular weight excluding hydrogens is 183 g/mol. The van der Waals surface area contributed by atoms with Gasteiger partial charge in [-0.3, -0.25) is 5.10 Å². The summed E-state index contributed by atoms with van der Waals surface area (Å²) in [5, 5.41) is 15.5. The van der Waals surface area contributed by atoms with Gasteiger partial charge >= 0.3 is 29.6 Å². The molecule has 0 spiro atoms. The number of aromatic nitrogens is 2. The fraction of sp³-hybridized carbons (Fsp3) is 0. The summed E-state index contributed by atoms with van der Waals surface area (Å²) in [6.07, 6.45) is 0. The van der Waals surface area contributed by atoms with E-state index in [1.54, 1.807) is 0 Å². The van der Waals surface area contributed by atoms with E-state index in [1.807, 2.05) is 0 Å². The van der Waals surface area contributed by atoms with Crippen LogP contribution in [0.5, 0.6) is 0 Å². The number of carbonyl (C=O) groups excluding carboxylic acids is 1. The predicted octanol–water partition coefficient (Wildman–Crippen LogP) is -3.43. The Morgan fingerprint density at radius 2 is 2.40 bits per heavy atom. The molecule has 4 nitrogen and oxygen atoms in total. The molecule has 0 unspecified atom stereocenters. The number of rotatable bonds is 1. The Bertz CT molecular complexity index is 280. The summed E-state index contributed by atoms with van der Waals surface area (Å²) < 4.78 is 0.342. The van der Waals surface area contributed by atoms with Gasteiger partial charge in [0.25, 0.3) is 0 Å². The van der Waals surface area contributed by atoms with E-state index in [0.29, 0.717) is 3.95 Å². The monoisotopic (exact) mass is 184 g/mol. The Kier molecular flexibility index (Phi) is 4.30. The number of carboxylic acid groups (broad SMARTS) is 1. The first-order valence-corrected chi connectivity index (χ1v) is 3.19. The van der Waals surface area contributed by atoms with Crippen molar-refractivity contribution in [2.45, 2.75) is 0 Å². The van der Waals surface area contributed by atoms with Crippen molar-refractivity contribution in [1.29, 1.82) is 0 Å². The van der Waals surface area contributed by atoms with E-state index in [9.17, 15) is 9.90 Å². The van der Waals surface area contributed by atoms with Crippen LogP contribution in [0.3, 0.4) is 0 Å². The van der Waals surface area contributed by atoms with E-state index in [1.165, 1.54) is 0 Å². The molecule has 1 aromatic rings. The number of H-pyrrole nitrogens is 1. The van der Waals surface area contributed by atoms with Gasteiger partial charge in [0.05, 0.1) is 0 Å². The quantitative estimate of drug-likeness (QED) is 0.364. The van der Waals surface area contributed by atoms with Crippen LogP contribution in [0.4, 0.5) is 0 Å². The van der Waals surface area contributed by atoms with Crippen LogP contribution >= 0.6 is 23.6 Å². The van der Waals surface area contributed by atoms with Gasteiger partial charge in [-0.25, -0.2) is 0 Å². The van der Waals surface area contributed by atoms with Gasteiger partial charge in [0.15, 0.2) is 8.96 Å². The summed E-state index contributed by atoms with van der Waals surface area (Å²) in [7, 11) is 0. The zero-order valence-electron chi connectivity index (χ0n) is 5.08. The second kappa shape index (κ2) is 4.20. The number of nitrogens with zero attached hydrogens (tertiary/aromatic N) is 1.